The Morgan fingerprint density at radius 2 is 2.44 bits per heavy atom. The van der Waals surface area contributed by atoms with E-state index >= 15 is 0 Å². The normalized spacial score (nSPS) is 34.9. The maximum Gasteiger partial charge on any atom is 0.0830 e. The molecule has 0 N–H and O–H groups in total. The van der Waals surface area contributed by atoms with Crippen LogP contribution in [0.15, 0.2) is 12.2 Å². The lowest BCUT2D eigenvalue weighted by Crippen LogP contribution is -2.14. The molecule has 0 spiro atoms. The minimum Gasteiger partial charge on any atom is -0.276 e. The van der Waals surface area contributed by atoms with E-state index in [0.717, 1.165) is 12.8 Å². The van der Waals surface area contributed by atoms with Gasteiger partial charge in [-0.05, 0) is 18.8 Å². The van der Waals surface area contributed by atoms with Crippen LogP contribution < -0.4 is 0 Å². The molecular weight excluding hydrogens is 136 g/mol. The van der Waals surface area contributed by atoms with Crippen molar-refractivity contribution in [1.82, 2.24) is 0 Å². The summed E-state index contributed by atoms with van der Waals surface area (Å²) in [6, 6.07) is 0. The minimum absolute atomic E-state index is 0.242. The Balaban J connectivity index is 2.38. The van der Waals surface area contributed by atoms with Gasteiger partial charge in [0.15, 0.2) is 0 Å². The quantitative estimate of drug-likeness (QED) is 0.517. The summed E-state index contributed by atoms with van der Waals surface area (Å²) in [5, 5.41) is 0. The van der Waals surface area contributed by atoms with Crippen molar-refractivity contribution in [2.24, 2.45) is 5.92 Å². The molecule has 52 valence electrons. The average molecular weight is 147 g/mol. The molecule has 0 heterocycles. The van der Waals surface area contributed by atoms with Gasteiger partial charge in [-0.15, -0.1) is 0 Å². The first-order valence-electron chi connectivity index (χ1n) is 3.27. The fourth-order valence-corrected chi connectivity index (χ4v) is 1.27. The van der Waals surface area contributed by atoms with E-state index in [2.05, 4.69) is 23.4 Å². The predicted octanol–water partition coefficient (Wildman–Crippen LogP) is 2.51. The summed E-state index contributed by atoms with van der Waals surface area (Å²) in [5.41, 5.74) is 0. The van der Waals surface area contributed by atoms with Crippen molar-refractivity contribution < 1.29 is 4.29 Å². The monoisotopic (exact) mass is 146 g/mol. The van der Waals surface area contributed by atoms with E-state index in [9.17, 15) is 0 Å². The van der Waals surface area contributed by atoms with Gasteiger partial charge in [0.25, 0.3) is 0 Å². The molecule has 0 aliphatic heterocycles. The van der Waals surface area contributed by atoms with E-state index in [1.54, 1.807) is 0 Å². The second-order valence-electron chi connectivity index (χ2n) is 2.59. The van der Waals surface area contributed by atoms with Crippen LogP contribution in [0.4, 0.5) is 0 Å². The fourth-order valence-electron chi connectivity index (χ4n) is 1.12. The lowest BCUT2D eigenvalue weighted by molar-refractivity contribution is 0.194. The van der Waals surface area contributed by atoms with Crippen molar-refractivity contribution in [1.29, 1.82) is 0 Å². The Bertz CT molecular complexity index is 111. The molecule has 1 rings (SSSR count). The third-order valence-corrected chi connectivity index (χ3v) is 1.88. The van der Waals surface area contributed by atoms with Crippen molar-refractivity contribution in [3.8, 4) is 0 Å². The molecule has 1 aliphatic rings. The second-order valence-corrected chi connectivity index (χ2v) is 2.77. The van der Waals surface area contributed by atoms with Crippen LogP contribution in [-0.4, -0.2) is 6.10 Å². The smallest absolute Gasteiger partial charge is 0.0830 e. The van der Waals surface area contributed by atoms with Gasteiger partial charge in [-0.2, -0.15) is 0 Å². The first kappa shape index (κ1) is 7.10. The van der Waals surface area contributed by atoms with Crippen molar-refractivity contribution in [3.63, 3.8) is 0 Å². The summed E-state index contributed by atoms with van der Waals surface area (Å²) in [7, 11) is 0. The van der Waals surface area contributed by atoms with Crippen molar-refractivity contribution >= 4 is 11.9 Å². The fraction of sp³-hybridized carbons (Fsp3) is 0.714. The SMILES string of the molecule is CC1C=CCC(OCl)C1. The highest BCUT2D eigenvalue weighted by Gasteiger charge is 2.13. The molecule has 0 saturated carbocycles. The molecule has 0 saturated heterocycles. The van der Waals surface area contributed by atoms with Gasteiger partial charge in [0, 0.05) is 0 Å². The van der Waals surface area contributed by atoms with Gasteiger partial charge < -0.3 is 0 Å². The van der Waals surface area contributed by atoms with Crippen LogP contribution in [0.3, 0.4) is 0 Å². The van der Waals surface area contributed by atoms with Crippen molar-refractivity contribution in [3.05, 3.63) is 12.2 Å². The molecule has 2 unspecified atom stereocenters. The molecule has 0 amide bonds. The number of hydrogen-bond donors (Lipinski definition) is 0. The van der Waals surface area contributed by atoms with E-state index in [4.69, 9.17) is 11.9 Å². The maximum absolute atomic E-state index is 5.21. The van der Waals surface area contributed by atoms with Gasteiger partial charge in [0.05, 0.1) is 18.0 Å². The Kier molecular flexibility index (Phi) is 2.55. The largest absolute Gasteiger partial charge is 0.276 e. The summed E-state index contributed by atoms with van der Waals surface area (Å²) in [6.07, 6.45) is 6.59. The molecule has 1 nitrogen and oxygen atoms in total. The number of allylic oxidation sites excluding steroid dienone is 1. The highest BCUT2D eigenvalue weighted by molar-refractivity contribution is 6.07. The third-order valence-electron chi connectivity index (χ3n) is 1.62. The molecule has 0 fully saturated rings. The van der Waals surface area contributed by atoms with Crippen LogP contribution in [0.2, 0.25) is 0 Å². The first-order chi connectivity index (χ1) is 4.33. The standard InChI is InChI=1S/C7H11ClO/c1-6-3-2-4-7(5-6)9-8/h2-3,6-7H,4-5H2,1H3. The van der Waals surface area contributed by atoms with Crippen molar-refractivity contribution in [2.75, 3.05) is 0 Å². The highest BCUT2D eigenvalue weighted by Crippen LogP contribution is 2.20. The van der Waals surface area contributed by atoms with Gasteiger partial charge in [-0.1, -0.05) is 19.1 Å². The zero-order chi connectivity index (χ0) is 6.69. The summed E-state index contributed by atoms with van der Waals surface area (Å²) >= 11 is 5.21. The predicted molar refractivity (Wildman–Crippen MR) is 38.3 cm³/mol. The summed E-state index contributed by atoms with van der Waals surface area (Å²) in [4.78, 5) is 0. The van der Waals surface area contributed by atoms with Gasteiger partial charge >= 0.3 is 0 Å². The van der Waals surface area contributed by atoms with E-state index in [1.165, 1.54) is 0 Å². The molecular formula is C7H11ClO. The number of rotatable bonds is 1. The molecule has 0 aromatic carbocycles. The van der Waals surface area contributed by atoms with Gasteiger partial charge in [-0.3, -0.25) is 4.29 Å². The molecule has 0 bridgehead atoms. The number of hydrogen-bond acceptors (Lipinski definition) is 1. The Labute approximate surface area is 60.8 Å². The average Bonchev–Trinajstić information content (AvgIpc) is 1.88. The third kappa shape index (κ3) is 1.99. The zero-order valence-corrected chi connectivity index (χ0v) is 6.27. The van der Waals surface area contributed by atoms with Gasteiger partial charge in [0.1, 0.15) is 0 Å². The van der Waals surface area contributed by atoms with E-state index in [1.807, 2.05) is 0 Å². The maximum atomic E-state index is 5.21. The number of halogens is 1. The minimum atomic E-state index is 0.242. The highest BCUT2D eigenvalue weighted by atomic mass is 35.5. The molecule has 2 atom stereocenters. The summed E-state index contributed by atoms with van der Waals surface area (Å²) in [6.45, 7) is 2.17. The summed E-state index contributed by atoms with van der Waals surface area (Å²) in [5.74, 6) is 0.627. The lowest BCUT2D eigenvalue weighted by atomic mass is 9.96. The van der Waals surface area contributed by atoms with E-state index in [0.29, 0.717) is 5.92 Å². The van der Waals surface area contributed by atoms with Crippen LogP contribution >= 0.6 is 11.9 Å². The van der Waals surface area contributed by atoms with Crippen LogP contribution in [0.25, 0.3) is 0 Å². The summed E-state index contributed by atoms with van der Waals surface area (Å²) < 4.78 is 4.68. The van der Waals surface area contributed by atoms with Gasteiger partial charge in [0.2, 0.25) is 0 Å². The van der Waals surface area contributed by atoms with Crippen LogP contribution in [-0.2, 0) is 4.29 Å². The molecule has 0 aromatic rings. The van der Waals surface area contributed by atoms with E-state index < -0.39 is 0 Å². The molecule has 1 aliphatic carbocycles. The van der Waals surface area contributed by atoms with Crippen LogP contribution in [0.1, 0.15) is 19.8 Å². The van der Waals surface area contributed by atoms with Crippen molar-refractivity contribution in [2.45, 2.75) is 25.9 Å². The zero-order valence-electron chi connectivity index (χ0n) is 5.51. The topological polar surface area (TPSA) is 9.23 Å². The molecule has 0 radical (unpaired) electrons. The molecule has 0 aromatic heterocycles. The molecule has 9 heavy (non-hydrogen) atoms. The van der Waals surface area contributed by atoms with Gasteiger partial charge in [-0.25, -0.2) is 0 Å². The van der Waals surface area contributed by atoms with E-state index in [-0.39, 0.29) is 6.10 Å². The van der Waals surface area contributed by atoms with Crippen LogP contribution in [0, 0.1) is 5.92 Å². The Morgan fingerprint density at radius 3 is 2.89 bits per heavy atom. The van der Waals surface area contributed by atoms with Crippen LogP contribution in [0.5, 0.6) is 0 Å². The molecule has 2 heteroatoms. The lowest BCUT2D eigenvalue weighted by Gasteiger charge is -2.18. The second kappa shape index (κ2) is 3.23. The Morgan fingerprint density at radius 1 is 1.67 bits per heavy atom. The Hall–Kier alpha value is -0.0100. The first-order valence-corrected chi connectivity index (χ1v) is 3.58.